The van der Waals surface area contributed by atoms with Crippen LogP contribution in [0.15, 0.2) is 35.2 Å². The molecule has 114 valence electrons. The van der Waals surface area contributed by atoms with E-state index in [1.807, 2.05) is 26.0 Å². The lowest BCUT2D eigenvalue weighted by Crippen LogP contribution is -2.30. The van der Waals surface area contributed by atoms with E-state index in [0.29, 0.717) is 11.3 Å². The second-order valence-corrected chi connectivity index (χ2v) is 8.40. The van der Waals surface area contributed by atoms with Crippen LogP contribution < -0.4 is 5.73 Å². The van der Waals surface area contributed by atoms with Crippen LogP contribution in [0.2, 0.25) is 0 Å². The van der Waals surface area contributed by atoms with Gasteiger partial charge in [-0.15, -0.1) is 11.3 Å². The van der Waals surface area contributed by atoms with Crippen molar-refractivity contribution in [3.8, 4) is 0 Å². The maximum absolute atomic E-state index is 12.8. The standard InChI is InChI=1S/C15H20N2O2S2/c1-10-8-9-14(20-10)12(3)17(4)21(18,19)15-7-5-6-13(16)11(15)2/h5-9,12H,16H2,1-4H3. The zero-order valence-electron chi connectivity index (χ0n) is 12.6. The second-order valence-electron chi connectivity index (χ2n) is 5.12. The van der Waals surface area contributed by atoms with Gasteiger partial charge in [0.2, 0.25) is 10.0 Å². The van der Waals surface area contributed by atoms with Gasteiger partial charge in [-0.25, -0.2) is 8.42 Å². The summed E-state index contributed by atoms with van der Waals surface area (Å²) in [6, 6.07) is 8.74. The summed E-state index contributed by atoms with van der Waals surface area (Å²) in [6.07, 6.45) is 0. The Labute approximate surface area is 130 Å². The third kappa shape index (κ3) is 2.97. The first-order valence-corrected chi connectivity index (χ1v) is 8.90. The Balaban J connectivity index is 2.41. The molecule has 0 bridgehead atoms. The largest absolute Gasteiger partial charge is 0.398 e. The van der Waals surface area contributed by atoms with E-state index in [4.69, 9.17) is 5.73 Å². The molecular formula is C15H20N2O2S2. The SMILES string of the molecule is Cc1ccc(C(C)N(C)S(=O)(=O)c2cccc(N)c2C)s1. The van der Waals surface area contributed by atoms with E-state index in [9.17, 15) is 8.42 Å². The summed E-state index contributed by atoms with van der Waals surface area (Å²) in [5.74, 6) is 0. The Bertz CT molecular complexity index is 751. The van der Waals surface area contributed by atoms with Crippen LogP contribution in [0.4, 0.5) is 5.69 Å². The number of hydrogen-bond donors (Lipinski definition) is 1. The van der Waals surface area contributed by atoms with Crippen molar-refractivity contribution in [3.05, 3.63) is 45.6 Å². The first-order valence-electron chi connectivity index (χ1n) is 6.64. The molecule has 0 spiro atoms. The van der Waals surface area contributed by atoms with E-state index < -0.39 is 10.0 Å². The summed E-state index contributed by atoms with van der Waals surface area (Å²) < 4.78 is 27.0. The number of hydrogen-bond acceptors (Lipinski definition) is 4. The molecule has 1 unspecified atom stereocenters. The van der Waals surface area contributed by atoms with Crippen LogP contribution in [-0.4, -0.2) is 19.8 Å². The molecule has 1 heterocycles. The smallest absolute Gasteiger partial charge is 0.243 e. The third-order valence-corrected chi connectivity index (χ3v) is 6.94. The summed E-state index contributed by atoms with van der Waals surface area (Å²) in [6.45, 7) is 5.64. The highest BCUT2D eigenvalue weighted by Gasteiger charge is 2.28. The number of anilines is 1. The van der Waals surface area contributed by atoms with Crippen molar-refractivity contribution in [1.29, 1.82) is 0 Å². The molecule has 1 aromatic heterocycles. The molecule has 6 heteroatoms. The third-order valence-electron chi connectivity index (χ3n) is 3.70. The monoisotopic (exact) mass is 324 g/mol. The Morgan fingerprint density at radius 1 is 1.19 bits per heavy atom. The van der Waals surface area contributed by atoms with E-state index in [0.717, 1.165) is 4.88 Å². The van der Waals surface area contributed by atoms with Crippen LogP contribution >= 0.6 is 11.3 Å². The van der Waals surface area contributed by atoms with Crippen molar-refractivity contribution in [3.63, 3.8) is 0 Å². The Morgan fingerprint density at radius 3 is 2.43 bits per heavy atom. The van der Waals surface area contributed by atoms with Gasteiger partial charge in [-0.3, -0.25) is 0 Å². The quantitative estimate of drug-likeness (QED) is 0.877. The molecule has 0 radical (unpaired) electrons. The van der Waals surface area contributed by atoms with Gasteiger partial charge in [-0.05, 0) is 50.6 Å². The number of aryl methyl sites for hydroxylation is 1. The molecule has 0 saturated heterocycles. The predicted octanol–water partition coefficient (Wildman–Crippen LogP) is 3.33. The fourth-order valence-corrected chi connectivity index (χ4v) is 4.77. The van der Waals surface area contributed by atoms with Crippen molar-refractivity contribution < 1.29 is 8.42 Å². The van der Waals surface area contributed by atoms with E-state index in [-0.39, 0.29) is 10.9 Å². The van der Waals surface area contributed by atoms with Crippen molar-refractivity contribution in [1.82, 2.24) is 4.31 Å². The number of rotatable bonds is 4. The average molecular weight is 324 g/mol. The van der Waals surface area contributed by atoms with Gasteiger partial charge in [0.1, 0.15) is 0 Å². The van der Waals surface area contributed by atoms with Gasteiger partial charge in [0.15, 0.2) is 0 Å². The predicted molar refractivity (Wildman–Crippen MR) is 88.0 cm³/mol. The van der Waals surface area contributed by atoms with Crippen LogP contribution in [0.5, 0.6) is 0 Å². The summed E-state index contributed by atoms with van der Waals surface area (Å²) in [5, 5.41) is 0. The number of thiophene rings is 1. The summed E-state index contributed by atoms with van der Waals surface area (Å²) in [7, 11) is -1.96. The zero-order chi connectivity index (χ0) is 15.8. The topological polar surface area (TPSA) is 63.4 Å². The number of nitrogens with zero attached hydrogens (tertiary/aromatic N) is 1. The maximum Gasteiger partial charge on any atom is 0.243 e. The molecule has 0 saturated carbocycles. The minimum atomic E-state index is -3.57. The van der Waals surface area contributed by atoms with E-state index >= 15 is 0 Å². The number of benzene rings is 1. The molecule has 2 aromatic rings. The molecule has 0 aliphatic carbocycles. The summed E-state index contributed by atoms with van der Waals surface area (Å²) in [5.41, 5.74) is 6.91. The molecule has 0 aliphatic rings. The van der Waals surface area contributed by atoms with Gasteiger partial charge in [0.05, 0.1) is 10.9 Å². The van der Waals surface area contributed by atoms with Crippen molar-refractivity contribution in [2.45, 2.75) is 31.7 Å². The van der Waals surface area contributed by atoms with Gasteiger partial charge in [0, 0.05) is 22.5 Å². The van der Waals surface area contributed by atoms with Crippen LogP contribution in [0.1, 0.15) is 28.3 Å². The lowest BCUT2D eigenvalue weighted by molar-refractivity contribution is 0.402. The molecule has 2 N–H and O–H groups in total. The molecule has 1 atom stereocenters. The van der Waals surface area contributed by atoms with Crippen LogP contribution in [0.25, 0.3) is 0 Å². The Morgan fingerprint density at radius 2 is 1.86 bits per heavy atom. The van der Waals surface area contributed by atoms with Gasteiger partial charge >= 0.3 is 0 Å². The van der Waals surface area contributed by atoms with Gasteiger partial charge in [-0.1, -0.05) is 6.07 Å². The summed E-state index contributed by atoms with van der Waals surface area (Å²) >= 11 is 1.61. The molecular weight excluding hydrogens is 304 g/mol. The molecule has 21 heavy (non-hydrogen) atoms. The molecule has 0 amide bonds. The van der Waals surface area contributed by atoms with Crippen molar-refractivity contribution in [2.24, 2.45) is 0 Å². The van der Waals surface area contributed by atoms with Crippen LogP contribution in [0.3, 0.4) is 0 Å². The maximum atomic E-state index is 12.8. The minimum absolute atomic E-state index is 0.213. The number of sulfonamides is 1. The van der Waals surface area contributed by atoms with Gasteiger partial charge < -0.3 is 5.73 Å². The van der Waals surface area contributed by atoms with Crippen molar-refractivity contribution in [2.75, 3.05) is 12.8 Å². The first-order chi connectivity index (χ1) is 9.75. The highest BCUT2D eigenvalue weighted by Crippen LogP contribution is 2.32. The molecule has 2 rings (SSSR count). The van der Waals surface area contributed by atoms with Gasteiger partial charge in [-0.2, -0.15) is 4.31 Å². The molecule has 1 aromatic carbocycles. The van der Waals surface area contributed by atoms with E-state index in [2.05, 4.69) is 0 Å². The fourth-order valence-electron chi connectivity index (χ4n) is 2.13. The van der Waals surface area contributed by atoms with E-state index in [1.54, 1.807) is 43.5 Å². The Kier molecular flexibility index (Phi) is 4.41. The molecule has 4 nitrogen and oxygen atoms in total. The lowest BCUT2D eigenvalue weighted by atomic mass is 10.2. The van der Waals surface area contributed by atoms with Crippen molar-refractivity contribution >= 4 is 27.0 Å². The summed E-state index contributed by atoms with van der Waals surface area (Å²) in [4.78, 5) is 2.47. The highest BCUT2D eigenvalue weighted by atomic mass is 32.2. The van der Waals surface area contributed by atoms with Crippen LogP contribution in [-0.2, 0) is 10.0 Å². The molecule has 0 fully saturated rings. The number of nitrogens with two attached hydrogens (primary N) is 1. The first kappa shape index (κ1) is 16.0. The molecule has 0 aliphatic heterocycles. The minimum Gasteiger partial charge on any atom is -0.398 e. The van der Waals surface area contributed by atoms with Crippen LogP contribution in [0, 0.1) is 13.8 Å². The lowest BCUT2D eigenvalue weighted by Gasteiger charge is -2.24. The Hall–Kier alpha value is -1.37. The number of nitrogen functional groups attached to an aromatic ring is 1. The second kappa shape index (κ2) is 5.79. The zero-order valence-corrected chi connectivity index (χ0v) is 14.3. The average Bonchev–Trinajstić information content (AvgIpc) is 2.86. The normalized spacial score (nSPS) is 13.6. The highest BCUT2D eigenvalue weighted by molar-refractivity contribution is 7.89. The van der Waals surface area contributed by atoms with Gasteiger partial charge in [0.25, 0.3) is 0 Å². The fraction of sp³-hybridized carbons (Fsp3) is 0.333. The van der Waals surface area contributed by atoms with E-state index in [1.165, 1.54) is 9.18 Å².